The second-order valence-electron chi connectivity index (χ2n) is 4.84. The van der Waals surface area contributed by atoms with Gasteiger partial charge in [0.15, 0.2) is 0 Å². The zero-order valence-electron chi connectivity index (χ0n) is 9.58. The highest BCUT2D eigenvalue weighted by Crippen LogP contribution is 2.34. The third-order valence-corrected chi connectivity index (χ3v) is 3.46. The van der Waals surface area contributed by atoms with Crippen LogP contribution < -0.4 is 5.73 Å². The third-order valence-electron chi connectivity index (χ3n) is 3.46. The summed E-state index contributed by atoms with van der Waals surface area (Å²) < 4.78 is 0. The summed E-state index contributed by atoms with van der Waals surface area (Å²) in [6, 6.07) is 9.27. The minimum absolute atomic E-state index is 0.346. The average molecular weight is 203 g/mol. The summed E-state index contributed by atoms with van der Waals surface area (Å²) in [5, 5.41) is 0. The molecule has 0 bridgehead atoms. The Kier molecular flexibility index (Phi) is 3.42. The molecule has 1 aromatic rings. The molecule has 82 valence electrons. The minimum atomic E-state index is 0.346. The van der Waals surface area contributed by atoms with Crippen LogP contribution in [0.15, 0.2) is 24.3 Å². The van der Waals surface area contributed by atoms with E-state index < -0.39 is 0 Å². The van der Waals surface area contributed by atoms with Gasteiger partial charge < -0.3 is 5.73 Å². The van der Waals surface area contributed by atoms with Crippen molar-refractivity contribution in [2.75, 3.05) is 0 Å². The number of aryl methyl sites for hydroxylation is 1. The zero-order valence-corrected chi connectivity index (χ0v) is 9.58. The summed E-state index contributed by atoms with van der Waals surface area (Å²) in [6.07, 6.45) is 6.38. The molecule has 0 amide bonds. The first-order valence-corrected chi connectivity index (χ1v) is 6.11. The van der Waals surface area contributed by atoms with E-state index in [1.807, 2.05) is 0 Å². The molecular weight excluding hydrogens is 182 g/mol. The topological polar surface area (TPSA) is 26.0 Å². The Bertz CT molecular complexity index is 317. The molecule has 0 aliphatic heterocycles. The maximum Gasteiger partial charge on any atom is 0.00106 e. The van der Waals surface area contributed by atoms with Crippen LogP contribution >= 0.6 is 0 Å². The van der Waals surface area contributed by atoms with E-state index in [1.165, 1.54) is 25.7 Å². The summed E-state index contributed by atoms with van der Waals surface area (Å²) in [4.78, 5) is 0. The van der Waals surface area contributed by atoms with Crippen molar-refractivity contribution in [1.29, 1.82) is 0 Å². The van der Waals surface area contributed by atoms with E-state index >= 15 is 0 Å². The normalized spacial score (nSPS) is 22.1. The van der Waals surface area contributed by atoms with E-state index in [0.29, 0.717) is 6.04 Å². The quantitative estimate of drug-likeness (QED) is 0.802. The van der Waals surface area contributed by atoms with Crippen LogP contribution in [0.5, 0.6) is 0 Å². The molecule has 1 aromatic carbocycles. The van der Waals surface area contributed by atoms with Crippen LogP contribution in [0.3, 0.4) is 0 Å². The van der Waals surface area contributed by atoms with E-state index in [0.717, 1.165) is 12.3 Å². The van der Waals surface area contributed by atoms with Gasteiger partial charge in [-0.15, -0.1) is 0 Å². The second kappa shape index (κ2) is 4.80. The van der Waals surface area contributed by atoms with Crippen molar-refractivity contribution in [1.82, 2.24) is 0 Å². The molecule has 0 radical (unpaired) electrons. The molecule has 0 fully saturated rings. The summed E-state index contributed by atoms with van der Waals surface area (Å²) in [6.45, 7) is 2.11. The van der Waals surface area contributed by atoms with Gasteiger partial charge in [-0.2, -0.15) is 0 Å². The highest BCUT2D eigenvalue weighted by atomic mass is 14.6. The van der Waals surface area contributed by atoms with Gasteiger partial charge in [0.25, 0.3) is 0 Å². The molecule has 1 heteroatoms. The Morgan fingerprint density at radius 3 is 3.00 bits per heavy atom. The standard InChI is InChI=1S/C14H21N/c1-11(15)9-10-13-7-4-6-12-5-2-3-8-14(12)13/h2-3,5,8,11,13H,4,6-7,9-10,15H2,1H3. The number of benzene rings is 1. The fraction of sp³-hybridized carbons (Fsp3) is 0.571. The van der Waals surface area contributed by atoms with Gasteiger partial charge in [-0.3, -0.25) is 0 Å². The van der Waals surface area contributed by atoms with E-state index in [4.69, 9.17) is 5.73 Å². The van der Waals surface area contributed by atoms with Gasteiger partial charge in [0, 0.05) is 6.04 Å². The minimum Gasteiger partial charge on any atom is -0.328 e. The molecule has 2 rings (SSSR count). The second-order valence-corrected chi connectivity index (χ2v) is 4.84. The van der Waals surface area contributed by atoms with E-state index in [-0.39, 0.29) is 0 Å². The lowest BCUT2D eigenvalue weighted by Crippen LogP contribution is -2.17. The number of fused-ring (bicyclic) bond motifs is 1. The lowest BCUT2D eigenvalue weighted by atomic mass is 9.80. The Morgan fingerprint density at radius 2 is 2.20 bits per heavy atom. The Balaban J connectivity index is 2.08. The van der Waals surface area contributed by atoms with Gasteiger partial charge in [-0.1, -0.05) is 24.3 Å². The average Bonchev–Trinajstić information content (AvgIpc) is 2.26. The van der Waals surface area contributed by atoms with E-state index in [2.05, 4.69) is 31.2 Å². The van der Waals surface area contributed by atoms with Gasteiger partial charge >= 0.3 is 0 Å². The smallest absolute Gasteiger partial charge is 0.00106 e. The Labute approximate surface area is 92.7 Å². The molecule has 0 saturated carbocycles. The fourth-order valence-electron chi connectivity index (χ4n) is 2.62. The molecule has 0 spiro atoms. The Hall–Kier alpha value is -0.820. The van der Waals surface area contributed by atoms with Crippen LogP contribution in [0.2, 0.25) is 0 Å². The van der Waals surface area contributed by atoms with Crippen molar-refractivity contribution < 1.29 is 0 Å². The van der Waals surface area contributed by atoms with Gasteiger partial charge in [0.2, 0.25) is 0 Å². The molecule has 0 heterocycles. The molecule has 1 nitrogen and oxygen atoms in total. The molecule has 15 heavy (non-hydrogen) atoms. The molecule has 1 aliphatic rings. The maximum absolute atomic E-state index is 5.83. The molecule has 2 N–H and O–H groups in total. The molecule has 2 atom stereocenters. The summed E-state index contributed by atoms with van der Waals surface area (Å²) in [5.74, 6) is 0.765. The monoisotopic (exact) mass is 203 g/mol. The van der Waals surface area contributed by atoms with Gasteiger partial charge in [-0.25, -0.2) is 0 Å². The van der Waals surface area contributed by atoms with Gasteiger partial charge in [0.05, 0.1) is 0 Å². The van der Waals surface area contributed by atoms with Gasteiger partial charge in [-0.05, 0) is 56.1 Å². The molecule has 1 aliphatic carbocycles. The van der Waals surface area contributed by atoms with Crippen molar-refractivity contribution >= 4 is 0 Å². The molecule has 2 unspecified atom stereocenters. The predicted molar refractivity (Wildman–Crippen MR) is 65.0 cm³/mol. The van der Waals surface area contributed by atoms with E-state index in [9.17, 15) is 0 Å². The first-order valence-electron chi connectivity index (χ1n) is 6.11. The third kappa shape index (κ3) is 2.60. The van der Waals surface area contributed by atoms with Crippen LogP contribution in [-0.4, -0.2) is 6.04 Å². The number of nitrogens with two attached hydrogens (primary N) is 1. The maximum atomic E-state index is 5.83. The predicted octanol–water partition coefficient (Wildman–Crippen LogP) is 3.23. The van der Waals surface area contributed by atoms with Crippen molar-refractivity contribution in [2.24, 2.45) is 5.73 Å². The van der Waals surface area contributed by atoms with Crippen molar-refractivity contribution in [3.05, 3.63) is 35.4 Å². The summed E-state index contributed by atoms with van der Waals surface area (Å²) >= 11 is 0. The number of hydrogen-bond donors (Lipinski definition) is 1. The van der Waals surface area contributed by atoms with Crippen LogP contribution in [-0.2, 0) is 6.42 Å². The first-order chi connectivity index (χ1) is 7.27. The SMILES string of the molecule is CC(N)CCC1CCCc2ccccc21. The van der Waals surface area contributed by atoms with Gasteiger partial charge in [0.1, 0.15) is 0 Å². The number of rotatable bonds is 3. The summed E-state index contributed by atoms with van der Waals surface area (Å²) in [7, 11) is 0. The number of hydrogen-bond acceptors (Lipinski definition) is 1. The van der Waals surface area contributed by atoms with Crippen molar-refractivity contribution in [3.8, 4) is 0 Å². The Morgan fingerprint density at radius 1 is 1.40 bits per heavy atom. The lowest BCUT2D eigenvalue weighted by Gasteiger charge is -2.25. The first kappa shape index (κ1) is 10.7. The molecule has 0 saturated heterocycles. The zero-order chi connectivity index (χ0) is 10.7. The van der Waals surface area contributed by atoms with Crippen molar-refractivity contribution in [2.45, 2.75) is 51.0 Å². The molecular formula is C14H21N. The fourth-order valence-corrected chi connectivity index (χ4v) is 2.62. The largest absolute Gasteiger partial charge is 0.328 e. The highest BCUT2D eigenvalue weighted by molar-refractivity contribution is 5.32. The van der Waals surface area contributed by atoms with Crippen LogP contribution in [0.1, 0.15) is 49.7 Å². The van der Waals surface area contributed by atoms with Crippen LogP contribution in [0.25, 0.3) is 0 Å². The summed E-state index contributed by atoms with van der Waals surface area (Å²) in [5.41, 5.74) is 8.98. The van der Waals surface area contributed by atoms with E-state index in [1.54, 1.807) is 11.1 Å². The highest BCUT2D eigenvalue weighted by Gasteiger charge is 2.19. The molecule has 0 aromatic heterocycles. The van der Waals surface area contributed by atoms with Crippen LogP contribution in [0.4, 0.5) is 0 Å². The van der Waals surface area contributed by atoms with Crippen LogP contribution in [0, 0.1) is 0 Å². The van der Waals surface area contributed by atoms with Crippen molar-refractivity contribution in [3.63, 3.8) is 0 Å². The lowest BCUT2D eigenvalue weighted by molar-refractivity contribution is 0.482.